The number of hydrogen-bond acceptors (Lipinski definition) is 5. The van der Waals surface area contributed by atoms with E-state index in [0.29, 0.717) is 24.0 Å². The molecular weight excluding hydrogens is 246 g/mol. The van der Waals surface area contributed by atoms with Gasteiger partial charge in [0.2, 0.25) is 0 Å². The van der Waals surface area contributed by atoms with Gasteiger partial charge >= 0.3 is 0 Å². The van der Waals surface area contributed by atoms with Gasteiger partial charge < -0.3 is 9.15 Å². The van der Waals surface area contributed by atoms with E-state index >= 15 is 0 Å². The van der Waals surface area contributed by atoms with Crippen LogP contribution in [0.3, 0.4) is 0 Å². The summed E-state index contributed by atoms with van der Waals surface area (Å²) in [5.41, 5.74) is 2.60. The van der Waals surface area contributed by atoms with Crippen LogP contribution in [-0.4, -0.2) is 37.1 Å². The van der Waals surface area contributed by atoms with Crippen LogP contribution in [0.2, 0.25) is 0 Å². The zero-order chi connectivity index (χ0) is 13.8. The predicted octanol–water partition coefficient (Wildman–Crippen LogP) is 0.802. The van der Waals surface area contributed by atoms with Crippen molar-refractivity contribution in [3.05, 3.63) is 23.2 Å². The van der Waals surface area contributed by atoms with E-state index < -0.39 is 0 Å². The summed E-state index contributed by atoms with van der Waals surface area (Å²) in [6.07, 6.45) is 2.56. The molecule has 6 nitrogen and oxygen atoms in total. The molecule has 1 aliphatic rings. The summed E-state index contributed by atoms with van der Waals surface area (Å²) in [6, 6.07) is 1.74. The number of likely N-dealkylation sites (N-methyl/N-ethyl adjacent to an activating group) is 1. The van der Waals surface area contributed by atoms with E-state index in [0.717, 1.165) is 31.8 Å². The molecule has 2 rings (SSSR count). The number of ether oxygens (including phenoxy) is 1. The SMILES string of the molecule is Cc1oc(CN(C)CC2CCCO2)cc1C(=O)NN. The van der Waals surface area contributed by atoms with Crippen molar-refractivity contribution in [3.63, 3.8) is 0 Å². The fourth-order valence-electron chi connectivity index (χ4n) is 2.39. The molecule has 1 aromatic rings. The van der Waals surface area contributed by atoms with E-state index in [-0.39, 0.29) is 5.91 Å². The van der Waals surface area contributed by atoms with Gasteiger partial charge in [0.1, 0.15) is 11.5 Å². The Bertz CT molecular complexity index is 438. The van der Waals surface area contributed by atoms with Gasteiger partial charge in [-0.2, -0.15) is 0 Å². The van der Waals surface area contributed by atoms with Crippen molar-refractivity contribution in [2.75, 3.05) is 20.2 Å². The van der Waals surface area contributed by atoms with Crippen LogP contribution in [0.1, 0.15) is 34.7 Å². The number of aryl methyl sites for hydroxylation is 1. The lowest BCUT2D eigenvalue weighted by molar-refractivity contribution is 0.0774. The molecule has 19 heavy (non-hydrogen) atoms. The molecule has 0 spiro atoms. The number of hydrogen-bond donors (Lipinski definition) is 2. The molecule has 3 N–H and O–H groups in total. The van der Waals surface area contributed by atoms with Crippen LogP contribution in [-0.2, 0) is 11.3 Å². The third-order valence-corrected chi connectivity index (χ3v) is 3.31. The van der Waals surface area contributed by atoms with Crippen LogP contribution in [0.5, 0.6) is 0 Å². The highest BCUT2D eigenvalue weighted by Crippen LogP contribution is 2.17. The maximum Gasteiger partial charge on any atom is 0.268 e. The Hall–Kier alpha value is -1.37. The van der Waals surface area contributed by atoms with Crippen molar-refractivity contribution in [1.29, 1.82) is 0 Å². The summed E-state index contributed by atoms with van der Waals surface area (Å²) in [6.45, 7) is 4.14. The minimum absolute atomic E-state index is 0.313. The molecule has 1 amide bonds. The van der Waals surface area contributed by atoms with Crippen molar-refractivity contribution in [3.8, 4) is 0 Å². The van der Waals surface area contributed by atoms with Crippen molar-refractivity contribution in [2.45, 2.75) is 32.4 Å². The zero-order valence-corrected chi connectivity index (χ0v) is 11.4. The number of nitrogens with one attached hydrogen (secondary N) is 1. The van der Waals surface area contributed by atoms with Gasteiger partial charge in [0.15, 0.2) is 0 Å². The van der Waals surface area contributed by atoms with Crippen molar-refractivity contribution >= 4 is 5.91 Å². The summed E-state index contributed by atoms with van der Waals surface area (Å²) >= 11 is 0. The van der Waals surface area contributed by atoms with Gasteiger partial charge in [-0.05, 0) is 32.9 Å². The van der Waals surface area contributed by atoms with E-state index in [9.17, 15) is 4.79 Å². The molecule has 0 radical (unpaired) electrons. The third-order valence-electron chi connectivity index (χ3n) is 3.31. The number of nitrogen functional groups attached to an aromatic ring is 1. The number of carbonyl (C=O) groups excluding carboxylic acids is 1. The van der Waals surface area contributed by atoms with Gasteiger partial charge in [-0.1, -0.05) is 0 Å². The first-order chi connectivity index (χ1) is 9.10. The first kappa shape index (κ1) is 14.0. The Morgan fingerprint density at radius 2 is 2.42 bits per heavy atom. The van der Waals surface area contributed by atoms with Gasteiger partial charge in [0.25, 0.3) is 5.91 Å². The van der Waals surface area contributed by atoms with E-state index in [2.05, 4.69) is 10.3 Å². The maximum absolute atomic E-state index is 11.5. The van der Waals surface area contributed by atoms with Crippen LogP contribution in [0.25, 0.3) is 0 Å². The lowest BCUT2D eigenvalue weighted by atomic mass is 10.2. The molecule has 0 saturated carbocycles. The molecule has 1 aliphatic heterocycles. The number of amides is 1. The molecule has 1 saturated heterocycles. The van der Waals surface area contributed by atoms with Crippen LogP contribution >= 0.6 is 0 Å². The van der Waals surface area contributed by atoms with E-state index in [1.807, 2.05) is 7.05 Å². The second kappa shape index (κ2) is 6.18. The average Bonchev–Trinajstić information content (AvgIpc) is 2.98. The molecule has 1 atom stereocenters. The molecule has 1 aromatic heterocycles. The molecule has 2 heterocycles. The standard InChI is InChI=1S/C13H21N3O3/c1-9-12(13(17)15-14)6-11(19-9)8-16(2)7-10-4-3-5-18-10/h6,10H,3-5,7-8,14H2,1-2H3,(H,15,17). The van der Waals surface area contributed by atoms with Crippen LogP contribution in [0.4, 0.5) is 0 Å². The van der Waals surface area contributed by atoms with Crippen LogP contribution in [0, 0.1) is 6.92 Å². The fourth-order valence-corrected chi connectivity index (χ4v) is 2.39. The summed E-state index contributed by atoms with van der Waals surface area (Å²) < 4.78 is 11.2. The second-order valence-corrected chi connectivity index (χ2v) is 4.99. The topological polar surface area (TPSA) is 80.7 Å². The summed E-state index contributed by atoms with van der Waals surface area (Å²) in [4.78, 5) is 13.6. The van der Waals surface area contributed by atoms with Gasteiger partial charge in [-0.25, -0.2) is 5.84 Å². The molecule has 0 bridgehead atoms. The zero-order valence-electron chi connectivity index (χ0n) is 11.4. The Morgan fingerprint density at radius 1 is 1.63 bits per heavy atom. The number of rotatable bonds is 5. The number of furan rings is 1. The smallest absolute Gasteiger partial charge is 0.268 e. The quantitative estimate of drug-likeness (QED) is 0.468. The predicted molar refractivity (Wildman–Crippen MR) is 70.4 cm³/mol. The normalized spacial score (nSPS) is 19.1. The maximum atomic E-state index is 11.5. The van der Waals surface area contributed by atoms with Crippen LogP contribution < -0.4 is 11.3 Å². The van der Waals surface area contributed by atoms with E-state index in [4.69, 9.17) is 15.0 Å². The minimum Gasteiger partial charge on any atom is -0.464 e. The third kappa shape index (κ3) is 3.56. The van der Waals surface area contributed by atoms with Crippen molar-refractivity contribution in [2.24, 2.45) is 5.84 Å². The van der Waals surface area contributed by atoms with Gasteiger partial charge in [0, 0.05) is 13.2 Å². The first-order valence-corrected chi connectivity index (χ1v) is 6.50. The molecule has 0 aromatic carbocycles. The highest BCUT2D eigenvalue weighted by molar-refractivity contribution is 5.94. The highest BCUT2D eigenvalue weighted by atomic mass is 16.5. The highest BCUT2D eigenvalue weighted by Gasteiger charge is 2.19. The monoisotopic (exact) mass is 267 g/mol. The number of nitrogens with zero attached hydrogens (tertiary/aromatic N) is 1. The van der Waals surface area contributed by atoms with Crippen molar-refractivity contribution in [1.82, 2.24) is 10.3 Å². The minimum atomic E-state index is -0.325. The van der Waals surface area contributed by atoms with Crippen LogP contribution in [0.15, 0.2) is 10.5 Å². The second-order valence-electron chi connectivity index (χ2n) is 4.99. The Kier molecular flexibility index (Phi) is 4.57. The lowest BCUT2D eigenvalue weighted by Crippen LogP contribution is -2.30. The number of nitrogens with two attached hydrogens (primary N) is 1. The van der Waals surface area contributed by atoms with Crippen molar-refractivity contribution < 1.29 is 13.9 Å². The average molecular weight is 267 g/mol. The Morgan fingerprint density at radius 3 is 3.05 bits per heavy atom. The summed E-state index contributed by atoms with van der Waals surface area (Å²) in [5.74, 6) is 6.15. The number of carbonyl (C=O) groups is 1. The van der Waals surface area contributed by atoms with E-state index in [1.54, 1.807) is 13.0 Å². The van der Waals surface area contributed by atoms with E-state index in [1.165, 1.54) is 0 Å². The lowest BCUT2D eigenvalue weighted by Gasteiger charge is -2.19. The van der Waals surface area contributed by atoms with Gasteiger partial charge in [-0.15, -0.1) is 0 Å². The summed E-state index contributed by atoms with van der Waals surface area (Å²) in [5, 5.41) is 0. The first-order valence-electron chi connectivity index (χ1n) is 6.50. The fraction of sp³-hybridized carbons (Fsp3) is 0.615. The molecule has 106 valence electrons. The molecule has 1 fully saturated rings. The molecule has 1 unspecified atom stereocenters. The molecule has 0 aliphatic carbocycles. The molecule has 6 heteroatoms. The van der Waals surface area contributed by atoms with Gasteiger partial charge in [0.05, 0.1) is 18.2 Å². The largest absolute Gasteiger partial charge is 0.464 e. The molecular formula is C13H21N3O3. The summed E-state index contributed by atoms with van der Waals surface area (Å²) in [7, 11) is 2.02. The Labute approximate surface area is 112 Å². The number of hydrazine groups is 1. The Balaban J connectivity index is 1.93. The van der Waals surface area contributed by atoms with Gasteiger partial charge in [-0.3, -0.25) is 15.1 Å².